The maximum atomic E-state index is 10.3. The minimum atomic E-state index is -0.882. The van der Waals surface area contributed by atoms with Crippen LogP contribution in [0.5, 0.6) is 0 Å². The van der Waals surface area contributed by atoms with Crippen LogP contribution in [0.2, 0.25) is 0 Å². The number of methoxy groups -OCH3 is 2. The lowest BCUT2D eigenvalue weighted by molar-refractivity contribution is -0.0463. The number of hydrogen-bond acceptors (Lipinski definition) is 20. The molecule has 0 unspecified atom stereocenters. The fourth-order valence-corrected chi connectivity index (χ4v) is 0.817. The molecule has 0 aliphatic carbocycles. The number of hydrogen-bond donors (Lipinski definition) is 4. The van der Waals surface area contributed by atoms with E-state index in [1.807, 2.05) is 0 Å². The summed E-state index contributed by atoms with van der Waals surface area (Å²) in [5, 5.41) is 0. The third kappa shape index (κ3) is 99.8. The second-order valence-electron chi connectivity index (χ2n) is 4.20. The van der Waals surface area contributed by atoms with Gasteiger partial charge in [0.05, 0.1) is 0 Å². The van der Waals surface area contributed by atoms with Gasteiger partial charge in [0.1, 0.15) is 26.9 Å². The summed E-state index contributed by atoms with van der Waals surface area (Å²) < 4.78 is 50.1. The van der Waals surface area contributed by atoms with E-state index in [2.05, 4.69) is 72.8 Å². The van der Waals surface area contributed by atoms with Crippen LogP contribution in [0.3, 0.4) is 0 Å². The predicted molar refractivity (Wildman–Crippen MR) is 174 cm³/mol. The molecule has 0 saturated carbocycles. The number of ether oxygens (including phenoxy) is 10. The third-order valence-corrected chi connectivity index (χ3v) is 1.88. The van der Waals surface area contributed by atoms with Crippen LogP contribution in [-0.4, -0.2) is 109 Å². The van der Waals surface area contributed by atoms with E-state index >= 15 is 0 Å². The van der Waals surface area contributed by atoms with Crippen LogP contribution >= 0.6 is 0 Å². The zero-order valence-corrected chi connectivity index (χ0v) is 19.7. The molecule has 0 aliphatic rings. The number of rotatable bonds is 12. The zero-order chi connectivity index (χ0) is 28.5. The summed E-state index contributed by atoms with van der Waals surface area (Å²) in [7, 11) is 11.8. The molecule has 0 aromatic carbocycles. The van der Waals surface area contributed by atoms with Gasteiger partial charge in [0, 0.05) is 14.2 Å². The van der Waals surface area contributed by atoms with Crippen molar-refractivity contribution in [2.75, 3.05) is 68.3 Å². The minimum absolute atomic E-state index is 0. The van der Waals surface area contributed by atoms with Crippen molar-refractivity contribution < 1.29 is 75.9 Å². The molecule has 0 spiro atoms. The van der Waals surface area contributed by atoms with E-state index in [1.165, 1.54) is 14.2 Å². The molecule has 0 saturated heterocycles. The van der Waals surface area contributed by atoms with Crippen molar-refractivity contribution in [1.82, 2.24) is 0 Å². The van der Waals surface area contributed by atoms with Gasteiger partial charge in [-0.3, -0.25) is 22.9 Å². The Morgan fingerprint density at radius 2 is 0.578 bits per heavy atom. The Bertz CT molecular complexity index is 454. The fraction of sp³-hybridized carbons (Fsp3) is 0.826. The highest BCUT2D eigenvalue weighted by atomic mass is 16.8. The van der Waals surface area contributed by atoms with Crippen molar-refractivity contribution in [3.63, 3.8) is 0 Å². The van der Waals surface area contributed by atoms with Crippen LogP contribution in [0.15, 0.2) is 0 Å². The Balaban J connectivity index is -0.0000000260. The molecule has 22 heteroatoms. The smallest absolute Gasteiger partial charge is 0.419 e. The first-order valence-corrected chi connectivity index (χ1v) is 8.83. The summed E-state index contributed by atoms with van der Waals surface area (Å²) in [5.74, 6) is 0. The number of carbonyl (C=O) groups is 4. The van der Waals surface area contributed by atoms with Gasteiger partial charge >= 0.3 is 24.6 Å². The van der Waals surface area contributed by atoms with Crippen molar-refractivity contribution in [2.45, 2.75) is 66.8 Å². The molecular formula is C23H66B2N4O16. The normalized spacial score (nSPS) is 6.89. The molecule has 0 aromatic rings. The summed E-state index contributed by atoms with van der Waals surface area (Å²) in [6, 6.07) is 0. The summed E-state index contributed by atoms with van der Waals surface area (Å²) in [6.45, 7) is -1.69. The SMILES string of the molecule is C.C.C.C.C.C.C.C.C.NCOC(=O)OCN.NCOC(=O)OCN.[B]OCOC(=O)OCOC.[B]OCOC(=O)OCOC. The van der Waals surface area contributed by atoms with E-state index in [-0.39, 0.29) is 121 Å². The van der Waals surface area contributed by atoms with Gasteiger partial charge in [-0.1, -0.05) is 66.8 Å². The molecule has 0 bridgehead atoms. The minimum Gasteiger partial charge on any atom is -0.419 e. The largest absolute Gasteiger partial charge is 0.512 e. The van der Waals surface area contributed by atoms with Gasteiger partial charge in [-0.05, 0) is 0 Å². The lowest BCUT2D eigenvalue weighted by Crippen LogP contribution is -2.16. The van der Waals surface area contributed by atoms with E-state index in [4.69, 9.17) is 22.9 Å². The van der Waals surface area contributed by atoms with E-state index in [0.717, 1.165) is 0 Å². The van der Waals surface area contributed by atoms with Crippen LogP contribution in [0.4, 0.5) is 19.2 Å². The quantitative estimate of drug-likeness (QED) is 0.0998. The van der Waals surface area contributed by atoms with Crippen LogP contribution < -0.4 is 22.9 Å². The molecular weight excluding hydrogens is 610 g/mol. The van der Waals surface area contributed by atoms with Crippen molar-refractivity contribution in [3.8, 4) is 0 Å². The van der Waals surface area contributed by atoms with E-state index < -0.39 is 24.6 Å². The maximum absolute atomic E-state index is 10.3. The van der Waals surface area contributed by atoms with E-state index in [9.17, 15) is 19.2 Å². The third-order valence-electron chi connectivity index (χ3n) is 1.88. The van der Waals surface area contributed by atoms with Crippen LogP contribution in [-0.2, 0) is 56.7 Å². The molecule has 0 fully saturated rings. The Labute approximate surface area is 275 Å². The second-order valence-corrected chi connectivity index (χ2v) is 4.20. The summed E-state index contributed by atoms with van der Waals surface area (Å²) in [5.41, 5.74) is 19.2. The van der Waals surface area contributed by atoms with Crippen molar-refractivity contribution >= 4 is 40.7 Å². The molecule has 280 valence electrons. The summed E-state index contributed by atoms with van der Waals surface area (Å²) in [6.07, 6.45) is -3.44. The molecule has 0 aliphatic heterocycles. The Kier molecular flexibility index (Phi) is 145. The highest BCUT2D eigenvalue weighted by Crippen LogP contribution is 1.85. The molecule has 8 N–H and O–H groups in total. The average Bonchev–Trinajstić information content (AvgIpc) is 2.85. The monoisotopic (exact) mass is 676 g/mol. The van der Waals surface area contributed by atoms with Gasteiger partial charge in [-0.2, -0.15) is 0 Å². The first-order valence-electron chi connectivity index (χ1n) is 8.83. The van der Waals surface area contributed by atoms with Gasteiger partial charge < -0.3 is 56.7 Å². The molecule has 0 rings (SSSR count). The molecule has 0 amide bonds. The number of nitrogens with two attached hydrogens (primary N) is 4. The fourth-order valence-electron chi connectivity index (χ4n) is 0.817. The Hall–Kier alpha value is -3.11. The van der Waals surface area contributed by atoms with Crippen molar-refractivity contribution in [2.24, 2.45) is 22.9 Å². The molecule has 20 nitrogen and oxygen atoms in total. The highest BCUT2D eigenvalue weighted by Gasteiger charge is 2.01. The van der Waals surface area contributed by atoms with E-state index in [1.54, 1.807) is 0 Å². The Morgan fingerprint density at radius 3 is 0.733 bits per heavy atom. The van der Waals surface area contributed by atoms with Crippen LogP contribution in [0, 0.1) is 0 Å². The van der Waals surface area contributed by atoms with Crippen LogP contribution in [0.1, 0.15) is 66.8 Å². The summed E-state index contributed by atoms with van der Waals surface area (Å²) in [4.78, 5) is 40.7. The predicted octanol–water partition coefficient (Wildman–Crippen LogP) is 3.27. The van der Waals surface area contributed by atoms with Gasteiger partial charge in [0.15, 0.2) is 27.2 Å². The van der Waals surface area contributed by atoms with E-state index in [0.29, 0.717) is 0 Å². The lowest BCUT2D eigenvalue weighted by Gasteiger charge is -2.02. The van der Waals surface area contributed by atoms with Gasteiger partial charge in [-0.15, -0.1) is 0 Å². The van der Waals surface area contributed by atoms with Crippen LogP contribution in [0.25, 0.3) is 0 Å². The van der Waals surface area contributed by atoms with Gasteiger partial charge in [-0.25, -0.2) is 19.2 Å². The highest BCUT2D eigenvalue weighted by molar-refractivity contribution is 5.98. The molecule has 45 heavy (non-hydrogen) atoms. The van der Waals surface area contributed by atoms with Gasteiger partial charge in [0.2, 0.25) is 0 Å². The zero-order valence-electron chi connectivity index (χ0n) is 19.7. The molecule has 0 aromatic heterocycles. The average molecular weight is 676 g/mol. The lowest BCUT2D eigenvalue weighted by atomic mass is 10.6. The second kappa shape index (κ2) is 78.0. The Morgan fingerprint density at radius 1 is 0.400 bits per heavy atom. The first-order chi connectivity index (χ1) is 17.2. The topological polar surface area (TPSA) is 283 Å². The molecule has 4 radical (unpaired) electrons. The van der Waals surface area contributed by atoms with Crippen molar-refractivity contribution in [1.29, 1.82) is 0 Å². The first kappa shape index (κ1) is 83.9. The molecule has 0 atom stereocenters. The van der Waals surface area contributed by atoms with Crippen molar-refractivity contribution in [3.05, 3.63) is 0 Å². The summed E-state index contributed by atoms with van der Waals surface area (Å²) >= 11 is 0. The number of carbonyl (C=O) groups excluding carboxylic acids is 4. The van der Waals surface area contributed by atoms with Gasteiger partial charge in [0.25, 0.3) is 16.1 Å². The maximum Gasteiger partial charge on any atom is 0.512 e. The standard InChI is InChI=1S/2C4H7BO5.2C3H8N2O3.9CH4/c2*1-7-2-8-4(6)9-3-10-5;2*4-1-7-3(6)8-2-5;;;;;;;;;/h2*2-3H2,1H3;2*1-2,4-5H2;9*1H4. The molecule has 0 heterocycles.